The molecule has 3 atom stereocenters. The Hall–Kier alpha value is -1.39. The molecule has 0 spiro atoms. The number of rotatable bonds is 10. The zero-order chi connectivity index (χ0) is 22.4. The lowest BCUT2D eigenvalue weighted by Crippen LogP contribution is -2.45. The van der Waals surface area contributed by atoms with Crippen molar-refractivity contribution in [2.24, 2.45) is 11.8 Å². The van der Waals surface area contributed by atoms with Gasteiger partial charge in [-0.3, -0.25) is 9.59 Å². The molecule has 1 heterocycles. The molecule has 1 rings (SSSR count). The quantitative estimate of drug-likeness (QED) is 0.339. The van der Waals surface area contributed by atoms with E-state index in [2.05, 4.69) is 15.4 Å². The van der Waals surface area contributed by atoms with E-state index < -0.39 is 44.8 Å². The van der Waals surface area contributed by atoms with Crippen molar-refractivity contribution in [3.63, 3.8) is 0 Å². The molecule has 1 saturated heterocycles. The van der Waals surface area contributed by atoms with Crippen molar-refractivity contribution < 1.29 is 27.5 Å². The fraction of sp³-hybridized carbons (Fsp3) is 0.833. The van der Waals surface area contributed by atoms with Crippen molar-refractivity contribution in [1.82, 2.24) is 15.4 Å². The number of carbonyl (C=O) groups excluding carboxylic acids is 3. The van der Waals surface area contributed by atoms with Gasteiger partial charge in [-0.25, -0.2) is 13.2 Å². The Balaban J connectivity index is 2.70. The van der Waals surface area contributed by atoms with Crippen molar-refractivity contribution in [3.8, 4) is 0 Å². The van der Waals surface area contributed by atoms with Gasteiger partial charge < -0.3 is 15.4 Å². The van der Waals surface area contributed by atoms with Gasteiger partial charge in [0.15, 0.2) is 11.9 Å². The number of ether oxygens (including phenoxy) is 1. The number of hydrogen-bond donors (Lipinski definition) is 3. The Labute approximate surface area is 177 Å². The van der Waals surface area contributed by atoms with Crippen LogP contribution in [0.2, 0.25) is 0 Å². The third kappa shape index (κ3) is 10.3. The summed E-state index contributed by atoms with van der Waals surface area (Å²) in [5.74, 6) is -2.13. The SMILES string of the molecule is CC(C)C[C@H](OC(=O)NC(C)(C)C)C(=O)CS(=O)(=O)N[C@@H](Cl)C[C@@H]1CCNC1=O. The summed E-state index contributed by atoms with van der Waals surface area (Å²) in [5, 5.41) is 5.23. The molecule has 1 fully saturated rings. The normalized spacial score (nSPS) is 19.6. The van der Waals surface area contributed by atoms with E-state index in [1.54, 1.807) is 20.8 Å². The molecule has 168 valence electrons. The van der Waals surface area contributed by atoms with E-state index >= 15 is 0 Å². The van der Waals surface area contributed by atoms with Crippen LogP contribution in [0.15, 0.2) is 0 Å². The minimum absolute atomic E-state index is 0.00343. The molecule has 29 heavy (non-hydrogen) atoms. The van der Waals surface area contributed by atoms with E-state index in [1.807, 2.05) is 13.8 Å². The molecule has 2 amide bonds. The molecule has 0 radical (unpaired) electrons. The first-order valence-corrected chi connectivity index (χ1v) is 11.7. The maximum Gasteiger partial charge on any atom is 0.408 e. The molecule has 11 heteroatoms. The molecular formula is C18H32ClN3O6S. The topological polar surface area (TPSA) is 131 Å². The van der Waals surface area contributed by atoms with Crippen LogP contribution in [0.1, 0.15) is 53.9 Å². The van der Waals surface area contributed by atoms with Gasteiger partial charge in [0.2, 0.25) is 15.9 Å². The van der Waals surface area contributed by atoms with Crippen LogP contribution in [-0.2, 0) is 24.3 Å². The average Bonchev–Trinajstić information content (AvgIpc) is 2.87. The Bertz CT molecular complexity index is 705. The van der Waals surface area contributed by atoms with Gasteiger partial charge in [0, 0.05) is 18.0 Å². The number of amides is 2. The maximum absolute atomic E-state index is 12.5. The van der Waals surface area contributed by atoms with Gasteiger partial charge in [-0.15, -0.1) is 11.6 Å². The van der Waals surface area contributed by atoms with Crippen molar-refractivity contribution in [2.75, 3.05) is 12.3 Å². The van der Waals surface area contributed by atoms with Gasteiger partial charge in [0.05, 0.1) is 5.50 Å². The Morgan fingerprint density at radius 3 is 2.41 bits per heavy atom. The summed E-state index contributed by atoms with van der Waals surface area (Å²) in [6, 6.07) is 0. The highest BCUT2D eigenvalue weighted by Crippen LogP contribution is 2.19. The molecule has 0 aromatic heterocycles. The van der Waals surface area contributed by atoms with Crippen LogP contribution in [0.25, 0.3) is 0 Å². The number of hydrogen-bond acceptors (Lipinski definition) is 6. The zero-order valence-electron chi connectivity index (χ0n) is 17.6. The molecule has 1 aliphatic rings. The lowest BCUT2D eigenvalue weighted by molar-refractivity contribution is -0.125. The molecule has 0 aliphatic carbocycles. The lowest BCUT2D eigenvalue weighted by Gasteiger charge is -2.24. The highest BCUT2D eigenvalue weighted by Gasteiger charge is 2.32. The van der Waals surface area contributed by atoms with Crippen molar-refractivity contribution in [2.45, 2.75) is 71.0 Å². The molecule has 0 aromatic rings. The zero-order valence-corrected chi connectivity index (χ0v) is 19.2. The molecular weight excluding hydrogens is 422 g/mol. The number of alkyl carbamates (subject to hydrolysis) is 1. The van der Waals surface area contributed by atoms with E-state index in [-0.39, 0.29) is 30.6 Å². The van der Waals surface area contributed by atoms with E-state index in [1.165, 1.54) is 0 Å². The fourth-order valence-corrected chi connectivity index (χ4v) is 4.57. The predicted molar refractivity (Wildman–Crippen MR) is 110 cm³/mol. The second-order valence-corrected chi connectivity index (χ2v) is 11.0. The van der Waals surface area contributed by atoms with Crippen LogP contribution >= 0.6 is 11.6 Å². The number of nitrogens with one attached hydrogen (secondary N) is 3. The third-order valence-corrected chi connectivity index (χ3v) is 5.79. The van der Waals surface area contributed by atoms with Crippen molar-refractivity contribution >= 4 is 39.4 Å². The fourth-order valence-electron chi connectivity index (χ4n) is 2.82. The van der Waals surface area contributed by atoms with Crippen molar-refractivity contribution in [1.29, 1.82) is 0 Å². The third-order valence-electron chi connectivity index (χ3n) is 4.06. The first-order valence-electron chi connectivity index (χ1n) is 9.62. The van der Waals surface area contributed by atoms with Crippen molar-refractivity contribution in [3.05, 3.63) is 0 Å². The Kier molecular flexibility index (Phi) is 9.36. The molecule has 3 N–H and O–H groups in total. The van der Waals surface area contributed by atoms with Gasteiger partial charge in [0.25, 0.3) is 0 Å². The number of Topliss-reactive ketones (excluding diaryl/α,β-unsaturated/α-hetero) is 1. The molecule has 1 aliphatic heterocycles. The van der Waals surface area contributed by atoms with Gasteiger partial charge in [-0.05, 0) is 46.0 Å². The van der Waals surface area contributed by atoms with Crippen LogP contribution in [0.3, 0.4) is 0 Å². The maximum atomic E-state index is 12.5. The molecule has 0 saturated carbocycles. The average molecular weight is 454 g/mol. The number of sulfonamides is 1. The summed E-state index contributed by atoms with van der Waals surface area (Å²) in [5.41, 5.74) is -1.58. The largest absolute Gasteiger partial charge is 0.438 e. The smallest absolute Gasteiger partial charge is 0.408 e. The summed E-state index contributed by atoms with van der Waals surface area (Å²) in [7, 11) is -4.07. The summed E-state index contributed by atoms with van der Waals surface area (Å²) in [6.45, 7) is 9.47. The van der Waals surface area contributed by atoms with Gasteiger partial charge in [0.1, 0.15) is 5.75 Å². The van der Waals surface area contributed by atoms with E-state index in [4.69, 9.17) is 16.3 Å². The van der Waals surface area contributed by atoms with Gasteiger partial charge in [-0.2, -0.15) is 4.72 Å². The number of carbonyl (C=O) groups is 3. The summed E-state index contributed by atoms with van der Waals surface area (Å²) in [6.07, 6.45) is -1.08. The van der Waals surface area contributed by atoms with Gasteiger partial charge in [-0.1, -0.05) is 13.8 Å². The molecule has 0 aromatic carbocycles. The van der Waals surface area contributed by atoms with E-state index in [0.717, 1.165) is 0 Å². The standard InChI is InChI=1S/C18H32ClN3O6S/c1-11(2)8-14(28-17(25)21-18(3,4)5)13(23)10-29(26,27)22-15(19)9-12-6-7-20-16(12)24/h11-12,14-15,22H,6-10H2,1-5H3,(H,20,24)(H,21,25)/t12-,14-,15+/m0/s1. The monoisotopic (exact) mass is 453 g/mol. The second-order valence-electron chi connectivity index (χ2n) is 8.72. The van der Waals surface area contributed by atoms with Crippen LogP contribution in [0.4, 0.5) is 4.79 Å². The van der Waals surface area contributed by atoms with Crippen LogP contribution in [0, 0.1) is 11.8 Å². The summed E-state index contributed by atoms with van der Waals surface area (Å²) in [4.78, 5) is 36.1. The summed E-state index contributed by atoms with van der Waals surface area (Å²) < 4.78 is 32.1. The highest BCUT2D eigenvalue weighted by molar-refractivity contribution is 7.90. The number of halogens is 1. The summed E-state index contributed by atoms with van der Waals surface area (Å²) >= 11 is 6.04. The van der Waals surface area contributed by atoms with Crippen LogP contribution in [0.5, 0.6) is 0 Å². The van der Waals surface area contributed by atoms with E-state index in [9.17, 15) is 22.8 Å². The Morgan fingerprint density at radius 2 is 1.93 bits per heavy atom. The highest BCUT2D eigenvalue weighted by atomic mass is 35.5. The van der Waals surface area contributed by atoms with Crippen LogP contribution < -0.4 is 15.4 Å². The number of alkyl halides is 1. The first kappa shape index (κ1) is 25.6. The van der Waals surface area contributed by atoms with Crippen LogP contribution in [-0.4, -0.2) is 55.6 Å². The van der Waals surface area contributed by atoms with Gasteiger partial charge >= 0.3 is 6.09 Å². The Morgan fingerprint density at radius 1 is 1.31 bits per heavy atom. The minimum atomic E-state index is -4.07. The molecule has 0 unspecified atom stereocenters. The predicted octanol–water partition coefficient (Wildman–Crippen LogP) is 1.51. The number of ketones is 1. The first-order chi connectivity index (χ1) is 13.2. The lowest BCUT2D eigenvalue weighted by atomic mass is 10.0. The molecule has 9 nitrogen and oxygen atoms in total. The second kappa shape index (κ2) is 10.6. The minimum Gasteiger partial charge on any atom is -0.438 e. The van der Waals surface area contributed by atoms with E-state index in [0.29, 0.717) is 13.0 Å². The molecule has 0 bridgehead atoms.